The summed E-state index contributed by atoms with van der Waals surface area (Å²) in [5.74, 6) is -1.84. The van der Waals surface area contributed by atoms with Crippen molar-refractivity contribution >= 4 is 16.0 Å². The molecule has 154 valence electrons. The molecule has 10 heteroatoms. The molecule has 0 bridgehead atoms. The number of azo groups is 1. The minimum absolute atomic E-state index is 0.0298. The van der Waals surface area contributed by atoms with E-state index in [9.17, 15) is 8.42 Å². The largest absolute Gasteiger partial charge is 0.320 e. The van der Waals surface area contributed by atoms with Gasteiger partial charge in [0.05, 0.1) is 4.90 Å². The van der Waals surface area contributed by atoms with Crippen LogP contribution in [0, 0.1) is 25.2 Å². The number of rotatable bonds is 5. The van der Waals surface area contributed by atoms with Gasteiger partial charge in [-0.05, 0) is 50.2 Å². The first-order valence-corrected chi connectivity index (χ1v) is 10.6. The van der Waals surface area contributed by atoms with Crippen LogP contribution in [-0.2, 0) is 20.2 Å². The number of nitriles is 1. The fraction of sp³-hybridized carbons (Fsp3) is 0.143. The molecule has 1 unspecified atom stereocenters. The number of hydrogen-bond donors (Lipinski definition) is 0. The fourth-order valence-corrected chi connectivity index (χ4v) is 3.95. The van der Waals surface area contributed by atoms with Crippen LogP contribution in [-0.4, -0.2) is 24.2 Å². The predicted molar refractivity (Wildman–Crippen MR) is 110 cm³/mol. The van der Waals surface area contributed by atoms with Crippen molar-refractivity contribution in [3.63, 3.8) is 0 Å². The Morgan fingerprint density at radius 2 is 1.74 bits per heavy atom. The van der Waals surface area contributed by atoms with Crippen LogP contribution in [0.3, 0.4) is 0 Å². The second-order valence-corrected chi connectivity index (χ2v) is 8.37. The second kappa shape index (κ2) is 7.79. The summed E-state index contributed by atoms with van der Waals surface area (Å²) in [5, 5.41) is 17.3. The van der Waals surface area contributed by atoms with Gasteiger partial charge in [-0.2, -0.15) is 13.7 Å². The SMILES string of the molecule is Cc1ccc(S(=O)(=O)OC2(c3ccnc(C)c3)N=NC(c3ccnc(C#N)c3)=N2)cc1. The van der Waals surface area contributed by atoms with E-state index >= 15 is 0 Å². The summed E-state index contributed by atoms with van der Waals surface area (Å²) in [6.07, 6.45) is 2.95. The van der Waals surface area contributed by atoms with E-state index in [1.165, 1.54) is 30.6 Å². The molecule has 0 radical (unpaired) electrons. The van der Waals surface area contributed by atoms with Gasteiger partial charge in [-0.25, -0.2) is 14.2 Å². The molecule has 3 heterocycles. The molecule has 31 heavy (non-hydrogen) atoms. The molecule has 9 nitrogen and oxygen atoms in total. The standard InChI is InChI=1S/C21H16N6O3S/c1-14-3-5-19(6-4-14)31(28,29)30-21(17-8-10-23-15(2)11-17)25-20(26-27-21)16-7-9-24-18(12-16)13-22/h3-12H,1-2H3. The van der Waals surface area contributed by atoms with Crippen LogP contribution in [0.2, 0.25) is 0 Å². The number of aryl methyl sites for hydroxylation is 2. The summed E-state index contributed by atoms with van der Waals surface area (Å²) in [6, 6.07) is 14.5. The fourth-order valence-electron chi connectivity index (χ4n) is 2.92. The first kappa shape index (κ1) is 20.5. The Hall–Kier alpha value is -3.81. The number of nitrogens with zero attached hydrogens (tertiary/aromatic N) is 6. The smallest absolute Gasteiger partial charge is 0.262 e. The maximum absolute atomic E-state index is 13.0. The molecular weight excluding hydrogens is 416 g/mol. The zero-order valence-electron chi connectivity index (χ0n) is 16.6. The van der Waals surface area contributed by atoms with Gasteiger partial charge in [0, 0.05) is 29.2 Å². The van der Waals surface area contributed by atoms with E-state index in [-0.39, 0.29) is 16.4 Å². The summed E-state index contributed by atoms with van der Waals surface area (Å²) in [5.41, 5.74) is 2.51. The normalized spacial score (nSPS) is 17.9. The lowest BCUT2D eigenvalue weighted by Crippen LogP contribution is -2.28. The maximum Gasteiger partial charge on any atom is 0.320 e. The molecule has 4 rings (SSSR count). The first-order valence-electron chi connectivity index (χ1n) is 9.16. The van der Waals surface area contributed by atoms with Gasteiger partial charge in [-0.1, -0.05) is 17.7 Å². The van der Waals surface area contributed by atoms with Crippen LogP contribution in [0.15, 0.2) is 81.0 Å². The topological polar surface area (TPSA) is 130 Å². The van der Waals surface area contributed by atoms with E-state index < -0.39 is 16.0 Å². The van der Waals surface area contributed by atoms with Crippen molar-refractivity contribution in [1.82, 2.24) is 9.97 Å². The zero-order chi connectivity index (χ0) is 22.1. The molecular formula is C21H16N6O3S. The summed E-state index contributed by atoms with van der Waals surface area (Å²) >= 11 is 0. The molecule has 0 spiro atoms. The highest BCUT2D eigenvalue weighted by molar-refractivity contribution is 7.86. The first-order chi connectivity index (χ1) is 14.8. The molecule has 1 aromatic carbocycles. The summed E-state index contributed by atoms with van der Waals surface area (Å²) < 4.78 is 31.7. The molecule has 1 aliphatic rings. The zero-order valence-corrected chi connectivity index (χ0v) is 17.4. The average molecular weight is 432 g/mol. The van der Waals surface area contributed by atoms with Gasteiger partial charge >= 0.3 is 16.0 Å². The van der Waals surface area contributed by atoms with E-state index in [0.717, 1.165) is 5.56 Å². The van der Waals surface area contributed by atoms with Gasteiger partial charge in [0.15, 0.2) is 5.84 Å². The van der Waals surface area contributed by atoms with E-state index in [1.54, 1.807) is 37.3 Å². The van der Waals surface area contributed by atoms with E-state index in [0.29, 0.717) is 16.8 Å². The van der Waals surface area contributed by atoms with Gasteiger partial charge < -0.3 is 0 Å². The summed E-state index contributed by atoms with van der Waals surface area (Å²) in [4.78, 5) is 12.4. The van der Waals surface area contributed by atoms with E-state index in [4.69, 9.17) is 9.44 Å². The molecule has 1 atom stereocenters. The lowest BCUT2D eigenvalue weighted by molar-refractivity contribution is 0.0938. The average Bonchev–Trinajstić information content (AvgIpc) is 3.19. The Labute approximate surface area is 178 Å². The van der Waals surface area contributed by atoms with Crippen molar-refractivity contribution in [3.05, 3.63) is 89.0 Å². The van der Waals surface area contributed by atoms with Crippen LogP contribution in [0.4, 0.5) is 0 Å². The van der Waals surface area contributed by atoms with Crippen LogP contribution in [0.25, 0.3) is 0 Å². The van der Waals surface area contributed by atoms with E-state index in [2.05, 4.69) is 25.2 Å². The van der Waals surface area contributed by atoms with Gasteiger partial charge in [0.2, 0.25) is 0 Å². The highest BCUT2D eigenvalue weighted by Crippen LogP contribution is 2.38. The molecule has 0 saturated heterocycles. The highest BCUT2D eigenvalue weighted by Gasteiger charge is 2.43. The monoisotopic (exact) mass is 432 g/mol. The van der Waals surface area contributed by atoms with Crippen molar-refractivity contribution in [2.24, 2.45) is 15.2 Å². The Bertz CT molecular complexity index is 1360. The highest BCUT2D eigenvalue weighted by atomic mass is 32.2. The van der Waals surface area contributed by atoms with Gasteiger partial charge in [-0.3, -0.25) is 4.98 Å². The molecule has 1 aliphatic heterocycles. The molecule has 3 aromatic rings. The number of amidine groups is 1. The van der Waals surface area contributed by atoms with Crippen molar-refractivity contribution in [2.75, 3.05) is 0 Å². The number of aliphatic imine (C=N–C) groups is 1. The third kappa shape index (κ3) is 4.09. The number of pyridine rings is 2. The minimum atomic E-state index is -4.24. The molecule has 0 amide bonds. The van der Waals surface area contributed by atoms with Gasteiger partial charge in [-0.15, -0.1) is 10.2 Å². The molecule has 0 fully saturated rings. The third-order valence-electron chi connectivity index (χ3n) is 4.48. The molecule has 0 aliphatic carbocycles. The van der Waals surface area contributed by atoms with E-state index in [1.807, 2.05) is 13.0 Å². The molecule has 0 N–H and O–H groups in total. The number of benzene rings is 1. The van der Waals surface area contributed by atoms with Crippen LogP contribution >= 0.6 is 0 Å². The van der Waals surface area contributed by atoms with Gasteiger partial charge in [0.25, 0.3) is 0 Å². The lowest BCUT2D eigenvalue weighted by Gasteiger charge is -2.21. The van der Waals surface area contributed by atoms with Crippen LogP contribution in [0.5, 0.6) is 0 Å². The van der Waals surface area contributed by atoms with Gasteiger partial charge in [0.1, 0.15) is 11.8 Å². The van der Waals surface area contributed by atoms with Crippen LogP contribution < -0.4 is 0 Å². The Balaban J connectivity index is 1.82. The quantitative estimate of drug-likeness (QED) is 0.568. The maximum atomic E-state index is 13.0. The molecule has 0 saturated carbocycles. The second-order valence-electron chi connectivity index (χ2n) is 6.82. The van der Waals surface area contributed by atoms with Crippen LogP contribution in [0.1, 0.15) is 28.1 Å². The molecule has 2 aromatic heterocycles. The predicted octanol–water partition coefficient (Wildman–Crippen LogP) is 3.39. The van der Waals surface area contributed by atoms with Crippen molar-refractivity contribution < 1.29 is 12.6 Å². The Morgan fingerprint density at radius 3 is 2.45 bits per heavy atom. The Morgan fingerprint density at radius 1 is 1.00 bits per heavy atom. The van der Waals surface area contributed by atoms with Crippen molar-refractivity contribution in [1.29, 1.82) is 5.26 Å². The lowest BCUT2D eigenvalue weighted by atomic mass is 10.1. The summed E-state index contributed by atoms with van der Waals surface area (Å²) in [6.45, 7) is 3.61. The van der Waals surface area contributed by atoms with Crippen molar-refractivity contribution in [2.45, 2.75) is 24.6 Å². The third-order valence-corrected chi connectivity index (χ3v) is 5.78. The number of hydrogen-bond acceptors (Lipinski definition) is 9. The van der Waals surface area contributed by atoms with Crippen molar-refractivity contribution in [3.8, 4) is 6.07 Å². The summed E-state index contributed by atoms with van der Waals surface area (Å²) in [7, 11) is -4.24. The number of aromatic nitrogens is 2. The Kier molecular flexibility index (Phi) is 5.14. The minimum Gasteiger partial charge on any atom is -0.262 e.